The first-order valence-corrected chi connectivity index (χ1v) is 24.5. The van der Waals surface area contributed by atoms with Crippen molar-refractivity contribution in [1.29, 1.82) is 0 Å². The normalized spacial score (nSPS) is 35.5. The summed E-state index contributed by atoms with van der Waals surface area (Å²) in [5, 5.41) is 11.9. The Morgan fingerprint density at radius 3 is 2.28 bits per heavy atom. The molecule has 296 valence electrons. The van der Waals surface area contributed by atoms with Crippen molar-refractivity contribution < 1.29 is 19.0 Å². The van der Waals surface area contributed by atoms with E-state index in [0.29, 0.717) is 18.4 Å². The van der Waals surface area contributed by atoms with Gasteiger partial charge >= 0.3 is 0 Å². The average molecular weight is 747 g/mol. The summed E-state index contributed by atoms with van der Waals surface area (Å²) < 4.78 is 21.0. The second kappa shape index (κ2) is 19.4. The Kier molecular flexibility index (Phi) is 15.0. The molecular weight excluding hydrogens is 673 g/mol. The Balaban J connectivity index is 1.55. The molecule has 7 heteroatoms. The van der Waals surface area contributed by atoms with E-state index in [1.54, 1.807) is 7.11 Å². The maximum atomic E-state index is 11.9. The number of methoxy groups -OCH3 is 1. The van der Waals surface area contributed by atoms with E-state index >= 15 is 0 Å². The van der Waals surface area contributed by atoms with E-state index in [4.69, 9.17) is 13.9 Å². The van der Waals surface area contributed by atoms with E-state index in [2.05, 4.69) is 91.3 Å². The van der Waals surface area contributed by atoms with Crippen LogP contribution in [-0.4, -0.2) is 86.9 Å². The summed E-state index contributed by atoms with van der Waals surface area (Å²) >= 11 is 0. The number of hydrogen-bond donors (Lipinski definition) is 1. The van der Waals surface area contributed by atoms with Crippen molar-refractivity contribution >= 4 is 8.32 Å². The molecule has 7 atom stereocenters. The van der Waals surface area contributed by atoms with Crippen molar-refractivity contribution in [3.05, 3.63) is 66.3 Å². The van der Waals surface area contributed by atoms with Crippen LogP contribution < -0.4 is 4.74 Å². The van der Waals surface area contributed by atoms with E-state index in [1.807, 2.05) is 0 Å². The predicted molar refractivity (Wildman–Crippen MR) is 222 cm³/mol. The van der Waals surface area contributed by atoms with Crippen LogP contribution in [-0.2, 0) is 15.8 Å². The molecule has 1 saturated carbocycles. The SMILES string of the molecule is CC[Si](CC)(CC)O[C@H]1/C=C\C=C/C/C=C\CCCN2CC3CC4(CO)CCCCCCCCCCN5CCC3C2(C54)[C@@H]1OCc1ccc(OC)cc1. The van der Waals surface area contributed by atoms with Gasteiger partial charge < -0.3 is 19.0 Å². The molecule has 53 heavy (non-hydrogen) atoms. The fourth-order valence-electron chi connectivity index (χ4n) is 11.8. The van der Waals surface area contributed by atoms with E-state index in [0.717, 1.165) is 82.2 Å². The molecule has 3 saturated heterocycles. The van der Waals surface area contributed by atoms with Gasteiger partial charge in [-0.05, 0) is 112 Å². The van der Waals surface area contributed by atoms with Crippen LogP contribution in [0.25, 0.3) is 0 Å². The molecule has 4 heterocycles. The average Bonchev–Trinajstić information content (AvgIpc) is 3.43. The molecule has 4 fully saturated rings. The Labute approximate surface area is 324 Å². The minimum atomic E-state index is -2.07. The molecule has 1 aliphatic carbocycles. The highest BCUT2D eigenvalue weighted by molar-refractivity contribution is 6.73. The van der Waals surface area contributed by atoms with Crippen LogP contribution in [0.3, 0.4) is 0 Å². The van der Waals surface area contributed by atoms with Crippen molar-refractivity contribution in [2.75, 3.05) is 39.9 Å². The lowest BCUT2D eigenvalue weighted by atomic mass is 9.50. The largest absolute Gasteiger partial charge is 0.497 e. The van der Waals surface area contributed by atoms with Crippen LogP contribution in [0.15, 0.2) is 60.7 Å². The number of piperidine rings is 1. The van der Waals surface area contributed by atoms with Gasteiger partial charge in [0.25, 0.3) is 0 Å². The molecule has 6 nitrogen and oxygen atoms in total. The van der Waals surface area contributed by atoms with Crippen LogP contribution in [0.1, 0.15) is 116 Å². The van der Waals surface area contributed by atoms with Crippen LogP contribution >= 0.6 is 0 Å². The van der Waals surface area contributed by atoms with E-state index < -0.39 is 8.32 Å². The van der Waals surface area contributed by atoms with Crippen LogP contribution in [0.2, 0.25) is 18.1 Å². The first kappa shape index (κ1) is 40.9. The number of aliphatic hydroxyl groups excluding tert-OH is 1. The first-order chi connectivity index (χ1) is 26.0. The molecule has 0 radical (unpaired) electrons. The van der Waals surface area contributed by atoms with Gasteiger partial charge in [-0.15, -0.1) is 0 Å². The summed E-state index contributed by atoms with van der Waals surface area (Å²) in [6.45, 7) is 12.3. The monoisotopic (exact) mass is 747 g/mol. The molecule has 5 unspecified atom stereocenters. The van der Waals surface area contributed by atoms with Crippen molar-refractivity contribution in [2.24, 2.45) is 17.3 Å². The standard InChI is InChI=1S/C46H74N2O4Si/c1-5-53(6-2,7-3)52-42-24-20-16-12-8-10-15-19-23-32-48-35-39-34-45(37-49)30-21-17-13-9-11-14-18-22-31-47-33-29-41(39)46(48,44(45)47)43(42)51-36-38-25-27-40(50-4)28-26-38/h10,12,15-16,20,24-28,39,41-44,49H,5-9,11,13-14,17-19,21-23,29-37H2,1-4H3/b15-10-,16-12-,24-20-/t39?,41?,42-,43+,44?,45?,46?/m0/s1. The van der Waals surface area contributed by atoms with Gasteiger partial charge in [0.15, 0.2) is 8.32 Å². The summed E-state index contributed by atoms with van der Waals surface area (Å²) in [6.07, 6.45) is 30.7. The highest BCUT2D eigenvalue weighted by atomic mass is 28.4. The van der Waals surface area contributed by atoms with Crippen molar-refractivity contribution in [1.82, 2.24) is 9.80 Å². The zero-order chi connectivity index (χ0) is 37.2. The van der Waals surface area contributed by atoms with Gasteiger partial charge in [-0.1, -0.05) is 114 Å². The fraction of sp³-hybridized carbons (Fsp3) is 0.739. The highest BCUT2D eigenvalue weighted by Crippen LogP contribution is 2.64. The number of ether oxygens (including phenoxy) is 2. The number of hydrogen-bond acceptors (Lipinski definition) is 6. The molecule has 1 N–H and O–H groups in total. The maximum absolute atomic E-state index is 11.9. The van der Waals surface area contributed by atoms with Crippen LogP contribution in [0.4, 0.5) is 0 Å². The van der Waals surface area contributed by atoms with Gasteiger partial charge in [0.05, 0.1) is 32.0 Å². The topological polar surface area (TPSA) is 54.4 Å². The molecule has 0 amide bonds. The Morgan fingerprint density at radius 2 is 1.57 bits per heavy atom. The number of nitrogens with zero attached hydrogens (tertiary/aromatic N) is 2. The maximum Gasteiger partial charge on any atom is 0.193 e. The smallest absolute Gasteiger partial charge is 0.193 e. The number of allylic oxidation sites excluding steroid dienone is 5. The molecule has 4 bridgehead atoms. The summed E-state index contributed by atoms with van der Waals surface area (Å²) in [5.74, 6) is 1.95. The molecule has 1 aromatic carbocycles. The summed E-state index contributed by atoms with van der Waals surface area (Å²) in [7, 11) is -0.335. The van der Waals surface area contributed by atoms with Crippen LogP contribution in [0.5, 0.6) is 5.75 Å². The third-order valence-electron chi connectivity index (χ3n) is 14.6. The second-order valence-corrected chi connectivity index (χ2v) is 22.0. The van der Waals surface area contributed by atoms with Crippen LogP contribution in [0, 0.1) is 17.3 Å². The zero-order valence-corrected chi connectivity index (χ0v) is 35.0. The number of rotatable bonds is 10. The van der Waals surface area contributed by atoms with Gasteiger partial charge in [0, 0.05) is 18.0 Å². The minimum absolute atomic E-state index is 0.152. The second-order valence-electron chi connectivity index (χ2n) is 17.3. The van der Waals surface area contributed by atoms with E-state index in [9.17, 15) is 5.11 Å². The minimum Gasteiger partial charge on any atom is -0.497 e. The third-order valence-corrected chi connectivity index (χ3v) is 19.2. The summed E-state index contributed by atoms with van der Waals surface area (Å²) in [4.78, 5) is 5.87. The van der Waals surface area contributed by atoms with Gasteiger partial charge in [0.1, 0.15) is 11.9 Å². The van der Waals surface area contributed by atoms with Crippen molar-refractivity contribution in [3.63, 3.8) is 0 Å². The molecule has 1 spiro atoms. The summed E-state index contributed by atoms with van der Waals surface area (Å²) in [6, 6.07) is 12.0. The number of aliphatic hydroxyl groups is 1. The predicted octanol–water partition coefficient (Wildman–Crippen LogP) is 10.1. The molecule has 1 aromatic rings. The Morgan fingerprint density at radius 1 is 0.830 bits per heavy atom. The van der Waals surface area contributed by atoms with Gasteiger partial charge in [-0.2, -0.15) is 0 Å². The highest BCUT2D eigenvalue weighted by Gasteiger charge is 2.73. The molecular formula is C46H74N2O4Si. The molecule has 4 aliphatic heterocycles. The quantitative estimate of drug-likeness (QED) is 0.190. The molecule has 0 aromatic heterocycles. The zero-order valence-electron chi connectivity index (χ0n) is 34.0. The first-order valence-electron chi connectivity index (χ1n) is 22.0. The van der Waals surface area contributed by atoms with E-state index in [1.165, 1.54) is 63.4 Å². The Hall–Kier alpha value is -1.74. The molecule has 6 rings (SSSR count). The third kappa shape index (κ3) is 8.81. The van der Waals surface area contributed by atoms with Gasteiger partial charge in [-0.3, -0.25) is 9.80 Å². The van der Waals surface area contributed by atoms with Crippen molar-refractivity contribution in [2.45, 2.75) is 159 Å². The summed E-state index contributed by atoms with van der Waals surface area (Å²) in [5.41, 5.74) is 0.754. The van der Waals surface area contributed by atoms with Gasteiger partial charge in [-0.25, -0.2) is 0 Å². The Bertz CT molecular complexity index is 1340. The lowest BCUT2D eigenvalue weighted by molar-refractivity contribution is -0.214. The van der Waals surface area contributed by atoms with Crippen molar-refractivity contribution in [3.8, 4) is 5.75 Å². The lowest BCUT2D eigenvalue weighted by Crippen LogP contribution is -2.79. The van der Waals surface area contributed by atoms with Gasteiger partial charge in [0.2, 0.25) is 0 Å². The van der Waals surface area contributed by atoms with E-state index in [-0.39, 0.29) is 35.8 Å². The lowest BCUT2D eigenvalue weighted by Gasteiger charge is -2.67. The number of benzene rings is 1. The fourth-order valence-corrected chi connectivity index (χ4v) is 14.6. The molecule has 5 aliphatic rings.